The van der Waals surface area contributed by atoms with Crippen molar-refractivity contribution < 1.29 is 23.1 Å². The molecule has 3 rings (SSSR count). The van der Waals surface area contributed by atoms with Crippen molar-refractivity contribution in [1.29, 1.82) is 0 Å². The van der Waals surface area contributed by atoms with Crippen molar-refractivity contribution in [2.45, 2.75) is 31.2 Å². The highest BCUT2D eigenvalue weighted by Crippen LogP contribution is 2.46. The molecule has 9 heteroatoms. The molecule has 1 fully saturated rings. The molecule has 0 radical (unpaired) electrons. The maximum atomic E-state index is 13.3. The van der Waals surface area contributed by atoms with E-state index in [9.17, 15) is 23.1 Å². The molecule has 2 aliphatic rings. The van der Waals surface area contributed by atoms with E-state index >= 15 is 0 Å². The Balaban J connectivity index is 2.01. The molecule has 1 amide bonds. The van der Waals surface area contributed by atoms with Crippen LogP contribution in [-0.2, 0) is 0 Å². The van der Waals surface area contributed by atoms with Gasteiger partial charge in [-0.25, -0.2) is 0 Å². The van der Waals surface area contributed by atoms with E-state index in [0.717, 1.165) is 0 Å². The van der Waals surface area contributed by atoms with Gasteiger partial charge >= 0.3 is 6.18 Å². The van der Waals surface area contributed by atoms with Crippen LogP contribution in [0.15, 0.2) is 23.3 Å². The van der Waals surface area contributed by atoms with Gasteiger partial charge in [-0.1, -0.05) is 23.2 Å². The van der Waals surface area contributed by atoms with Crippen LogP contribution in [0.1, 0.15) is 29.6 Å². The molecule has 0 unspecified atom stereocenters. The summed E-state index contributed by atoms with van der Waals surface area (Å²) in [7, 11) is 0. The summed E-state index contributed by atoms with van der Waals surface area (Å²) in [6.45, 7) is 0. The van der Waals surface area contributed by atoms with Crippen LogP contribution in [-0.4, -0.2) is 33.6 Å². The molecular formula is C14H11Cl2F3N2O2. The van der Waals surface area contributed by atoms with Gasteiger partial charge in [0.05, 0.1) is 10.6 Å². The molecule has 1 aliphatic heterocycles. The second-order valence-electron chi connectivity index (χ2n) is 5.60. The van der Waals surface area contributed by atoms with E-state index in [1.807, 2.05) is 0 Å². The van der Waals surface area contributed by atoms with E-state index in [2.05, 4.69) is 5.10 Å². The molecule has 23 heavy (non-hydrogen) atoms. The molecule has 0 aromatic heterocycles. The van der Waals surface area contributed by atoms with Gasteiger partial charge in [-0.3, -0.25) is 4.79 Å². The van der Waals surface area contributed by atoms with Crippen LogP contribution in [0.2, 0.25) is 10.0 Å². The first-order chi connectivity index (χ1) is 10.6. The summed E-state index contributed by atoms with van der Waals surface area (Å²) in [5.74, 6) is -1.23. The Kier molecular flexibility index (Phi) is 3.85. The zero-order valence-electron chi connectivity index (χ0n) is 11.6. The first kappa shape index (κ1) is 16.5. The van der Waals surface area contributed by atoms with Crippen LogP contribution in [0.5, 0.6) is 0 Å². The maximum Gasteiger partial charge on any atom is 0.438 e. The Labute approximate surface area is 139 Å². The lowest BCUT2D eigenvalue weighted by atomic mass is 10.0. The Morgan fingerprint density at radius 1 is 1.35 bits per heavy atom. The Bertz CT molecular complexity index is 704. The quantitative estimate of drug-likeness (QED) is 0.863. The fraction of sp³-hybridized carbons (Fsp3) is 0.429. The molecule has 124 valence electrons. The van der Waals surface area contributed by atoms with Crippen LogP contribution in [0.3, 0.4) is 0 Å². The number of hydrazone groups is 1. The monoisotopic (exact) mass is 366 g/mol. The Hall–Kier alpha value is -1.31. The van der Waals surface area contributed by atoms with Gasteiger partial charge in [0.15, 0.2) is 0 Å². The number of halogens is 5. The Morgan fingerprint density at radius 2 is 2.00 bits per heavy atom. The van der Waals surface area contributed by atoms with E-state index in [1.54, 1.807) is 0 Å². The van der Waals surface area contributed by atoms with Gasteiger partial charge in [0.1, 0.15) is 0 Å². The number of nitrogens with zero attached hydrogens (tertiary/aromatic N) is 2. The largest absolute Gasteiger partial charge is 0.438 e. The number of carbonyl (C=O) groups excluding carboxylic acids is 1. The number of hydrogen-bond acceptors (Lipinski definition) is 3. The summed E-state index contributed by atoms with van der Waals surface area (Å²) in [5.41, 5.74) is -3.38. The fourth-order valence-corrected chi connectivity index (χ4v) is 2.92. The molecule has 1 N–H and O–H groups in total. The van der Waals surface area contributed by atoms with E-state index in [4.69, 9.17) is 23.2 Å². The van der Waals surface area contributed by atoms with Crippen molar-refractivity contribution >= 4 is 34.8 Å². The fourth-order valence-electron chi connectivity index (χ4n) is 2.43. The molecule has 4 nitrogen and oxygen atoms in total. The van der Waals surface area contributed by atoms with Crippen molar-refractivity contribution in [2.75, 3.05) is 0 Å². The van der Waals surface area contributed by atoms with Gasteiger partial charge in [-0.2, -0.15) is 23.3 Å². The summed E-state index contributed by atoms with van der Waals surface area (Å²) in [6.07, 6.45) is -4.37. The second kappa shape index (κ2) is 5.36. The summed E-state index contributed by atoms with van der Waals surface area (Å²) < 4.78 is 40.0. The second-order valence-corrected chi connectivity index (χ2v) is 6.44. The molecular weight excluding hydrogens is 356 g/mol. The van der Waals surface area contributed by atoms with Crippen molar-refractivity contribution in [2.24, 2.45) is 11.0 Å². The first-order valence-electron chi connectivity index (χ1n) is 6.79. The summed E-state index contributed by atoms with van der Waals surface area (Å²) >= 11 is 11.6. The molecule has 1 atom stereocenters. The minimum atomic E-state index is -5.04. The lowest BCUT2D eigenvalue weighted by Gasteiger charge is -2.32. The van der Waals surface area contributed by atoms with Crippen LogP contribution in [0.25, 0.3) is 0 Å². The number of aliphatic hydroxyl groups is 1. The minimum absolute atomic E-state index is 0.0930. The van der Waals surface area contributed by atoms with Gasteiger partial charge in [-0.05, 0) is 37.0 Å². The van der Waals surface area contributed by atoms with Gasteiger partial charge < -0.3 is 5.11 Å². The van der Waals surface area contributed by atoms with Crippen molar-refractivity contribution in [3.63, 3.8) is 0 Å². The third-order valence-corrected chi connectivity index (χ3v) is 4.41. The molecule has 0 saturated heterocycles. The van der Waals surface area contributed by atoms with E-state index in [1.165, 1.54) is 18.2 Å². The zero-order valence-corrected chi connectivity index (χ0v) is 13.1. The standard InChI is InChI=1S/C14H11Cl2F3N2O2/c15-8-3-4-9(10(16)5-8)12(22)21-13(23,14(17,18)19)6-11(20-21)7-1-2-7/h3-5,7,23H,1-2,6H2/t13-/m0/s1. The lowest BCUT2D eigenvalue weighted by Crippen LogP contribution is -2.56. The molecule has 1 aromatic rings. The predicted molar refractivity (Wildman–Crippen MR) is 78.4 cm³/mol. The van der Waals surface area contributed by atoms with Crippen LogP contribution in [0, 0.1) is 5.92 Å². The molecule has 1 aliphatic carbocycles. The van der Waals surface area contributed by atoms with Gasteiger partial charge in [0.25, 0.3) is 11.6 Å². The average molecular weight is 367 g/mol. The van der Waals surface area contributed by atoms with E-state index < -0.39 is 24.2 Å². The predicted octanol–water partition coefficient (Wildman–Crippen LogP) is 3.86. The highest BCUT2D eigenvalue weighted by Gasteiger charge is 2.64. The molecule has 1 saturated carbocycles. The highest BCUT2D eigenvalue weighted by atomic mass is 35.5. The van der Waals surface area contributed by atoms with Gasteiger partial charge in [-0.15, -0.1) is 0 Å². The van der Waals surface area contributed by atoms with Crippen LogP contribution in [0.4, 0.5) is 13.2 Å². The molecule has 1 aromatic carbocycles. The Morgan fingerprint density at radius 3 is 2.52 bits per heavy atom. The van der Waals surface area contributed by atoms with Crippen molar-refractivity contribution in [1.82, 2.24) is 5.01 Å². The lowest BCUT2D eigenvalue weighted by molar-refractivity contribution is -0.297. The smallest absolute Gasteiger partial charge is 0.362 e. The summed E-state index contributed by atoms with van der Waals surface area (Å²) in [6, 6.07) is 3.77. The average Bonchev–Trinajstić information content (AvgIpc) is 3.21. The molecule has 0 spiro atoms. The zero-order chi connectivity index (χ0) is 17.0. The SMILES string of the molecule is O=C(c1ccc(Cl)cc1Cl)N1N=C(C2CC2)C[C@]1(O)C(F)(F)F. The minimum Gasteiger partial charge on any atom is -0.362 e. The number of alkyl halides is 3. The highest BCUT2D eigenvalue weighted by molar-refractivity contribution is 6.36. The number of benzene rings is 1. The van der Waals surface area contributed by atoms with Crippen LogP contribution < -0.4 is 0 Å². The van der Waals surface area contributed by atoms with E-state index in [0.29, 0.717) is 12.8 Å². The topological polar surface area (TPSA) is 52.9 Å². The first-order valence-corrected chi connectivity index (χ1v) is 7.55. The maximum absolute atomic E-state index is 13.3. The summed E-state index contributed by atoms with van der Waals surface area (Å²) in [4.78, 5) is 12.5. The van der Waals surface area contributed by atoms with Gasteiger partial charge in [0, 0.05) is 17.2 Å². The number of rotatable bonds is 2. The third-order valence-electron chi connectivity index (χ3n) is 3.86. The number of amides is 1. The summed E-state index contributed by atoms with van der Waals surface area (Å²) in [5, 5.41) is 14.1. The molecule has 0 bridgehead atoms. The van der Waals surface area contributed by atoms with E-state index in [-0.39, 0.29) is 32.2 Å². The van der Waals surface area contributed by atoms with Gasteiger partial charge in [0.2, 0.25) is 0 Å². The van der Waals surface area contributed by atoms with Crippen molar-refractivity contribution in [3.05, 3.63) is 33.8 Å². The normalized spacial score (nSPS) is 24.8. The van der Waals surface area contributed by atoms with Crippen LogP contribution >= 0.6 is 23.2 Å². The number of hydrogen-bond donors (Lipinski definition) is 1. The molecule has 1 heterocycles. The third kappa shape index (κ3) is 2.81. The number of carbonyl (C=O) groups is 1. The van der Waals surface area contributed by atoms with Crippen molar-refractivity contribution in [3.8, 4) is 0 Å².